The van der Waals surface area contributed by atoms with Crippen molar-refractivity contribution in [3.05, 3.63) is 11.9 Å². The summed E-state index contributed by atoms with van der Waals surface area (Å²) in [6.07, 6.45) is 4.97. The smallest absolute Gasteiger partial charge is 0.145 e. The van der Waals surface area contributed by atoms with E-state index in [9.17, 15) is 0 Å². The van der Waals surface area contributed by atoms with Crippen LogP contribution in [0, 0.1) is 0 Å². The van der Waals surface area contributed by atoms with Gasteiger partial charge < -0.3 is 10.3 Å². The van der Waals surface area contributed by atoms with E-state index in [0.29, 0.717) is 17.8 Å². The summed E-state index contributed by atoms with van der Waals surface area (Å²) in [6.45, 7) is 7.53. The standard InChI is InChI=1S/C14H25N5/c1-4-11-7-5-6-8-19(11)13-9-12(18-15)16-14(17-13)10(2)3/h9-11H,4-8,15H2,1-3H3,(H,16,17,18). The van der Waals surface area contributed by atoms with Gasteiger partial charge in [0.15, 0.2) is 0 Å². The fourth-order valence-corrected chi connectivity index (χ4v) is 2.66. The Morgan fingerprint density at radius 2 is 2.21 bits per heavy atom. The molecule has 1 aromatic rings. The minimum Gasteiger partial charge on any atom is -0.353 e. The molecule has 2 rings (SSSR count). The third-order valence-electron chi connectivity index (χ3n) is 3.79. The lowest BCUT2D eigenvalue weighted by atomic mass is 10.00. The molecule has 2 heterocycles. The van der Waals surface area contributed by atoms with Crippen LogP contribution in [0.25, 0.3) is 0 Å². The summed E-state index contributed by atoms with van der Waals surface area (Å²) in [6, 6.07) is 2.55. The number of aromatic nitrogens is 2. The van der Waals surface area contributed by atoms with Crippen LogP contribution in [0.2, 0.25) is 0 Å². The molecule has 1 fully saturated rings. The van der Waals surface area contributed by atoms with E-state index in [1.807, 2.05) is 6.07 Å². The number of hydrogen-bond acceptors (Lipinski definition) is 5. The van der Waals surface area contributed by atoms with Crippen LogP contribution in [0.3, 0.4) is 0 Å². The summed E-state index contributed by atoms with van der Waals surface area (Å²) in [5.74, 6) is 8.40. The van der Waals surface area contributed by atoms with Crippen molar-refractivity contribution < 1.29 is 0 Å². The Balaban J connectivity index is 2.33. The fourth-order valence-electron chi connectivity index (χ4n) is 2.66. The van der Waals surface area contributed by atoms with E-state index in [4.69, 9.17) is 10.8 Å². The highest BCUT2D eigenvalue weighted by molar-refractivity contribution is 5.50. The lowest BCUT2D eigenvalue weighted by Gasteiger charge is -2.36. The van der Waals surface area contributed by atoms with E-state index < -0.39 is 0 Å². The van der Waals surface area contributed by atoms with Crippen molar-refractivity contribution in [1.29, 1.82) is 0 Å². The predicted molar refractivity (Wildman–Crippen MR) is 79.2 cm³/mol. The Bertz CT molecular complexity index is 418. The molecule has 1 aromatic heterocycles. The average Bonchev–Trinajstić information content (AvgIpc) is 2.46. The van der Waals surface area contributed by atoms with Gasteiger partial charge in [0.1, 0.15) is 17.5 Å². The van der Waals surface area contributed by atoms with Crippen LogP contribution in [-0.2, 0) is 0 Å². The first kappa shape index (κ1) is 14.1. The predicted octanol–water partition coefficient (Wildman–Crippen LogP) is 2.65. The SMILES string of the molecule is CCC1CCCCN1c1cc(NN)nc(C(C)C)n1. The second kappa shape index (κ2) is 6.19. The fraction of sp³-hybridized carbons (Fsp3) is 0.714. The molecule has 0 radical (unpaired) electrons. The quantitative estimate of drug-likeness (QED) is 0.645. The third kappa shape index (κ3) is 3.15. The second-order valence-corrected chi connectivity index (χ2v) is 5.52. The molecule has 0 spiro atoms. The van der Waals surface area contributed by atoms with Gasteiger partial charge >= 0.3 is 0 Å². The Kier molecular flexibility index (Phi) is 4.58. The topological polar surface area (TPSA) is 67.1 Å². The zero-order valence-corrected chi connectivity index (χ0v) is 12.2. The Hall–Kier alpha value is -1.36. The molecule has 1 saturated heterocycles. The number of hydrogen-bond donors (Lipinski definition) is 2. The minimum atomic E-state index is 0.303. The summed E-state index contributed by atoms with van der Waals surface area (Å²) in [7, 11) is 0. The molecule has 0 aliphatic carbocycles. The van der Waals surface area contributed by atoms with E-state index >= 15 is 0 Å². The maximum atomic E-state index is 5.53. The number of hydrazine groups is 1. The van der Waals surface area contributed by atoms with Crippen molar-refractivity contribution in [2.75, 3.05) is 16.9 Å². The molecule has 0 saturated carbocycles. The van der Waals surface area contributed by atoms with Crippen LogP contribution in [-0.4, -0.2) is 22.6 Å². The molecule has 1 aliphatic rings. The summed E-state index contributed by atoms with van der Waals surface area (Å²) >= 11 is 0. The van der Waals surface area contributed by atoms with Crippen molar-refractivity contribution in [3.8, 4) is 0 Å². The second-order valence-electron chi connectivity index (χ2n) is 5.52. The minimum absolute atomic E-state index is 0.303. The van der Waals surface area contributed by atoms with E-state index in [2.05, 4.69) is 36.1 Å². The van der Waals surface area contributed by atoms with Gasteiger partial charge in [0, 0.05) is 24.6 Å². The van der Waals surface area contributed by atoms with Crippen molar-refractivity contribution in [2.45, 2.75) is 58.4 Å². The molecule has 19 heavy (non-hydrogen) atoms. The van der Waals surface area contributed by atoms with Gasteiger partial charge in [-0.2, -0.15) is 0 Å². The molecular formula is C14H25N5. The molecule has 3 N–H and O–H groups in total. The molecule has 5 heteroatoms. The first-order valence-corrected chi connectivity index (χ1v) is 7.28. The molecule has 0 aromatic carbocycles. The van der Waals surface area contributed by atoms with Gasteiger partial charge in [-0.25, -0.2) is 15.8 Å². The molecule has 1 atom stereocenters. The first-order valence-electron chi connectivity index (χ1n) is 7.28. The van der Waals surface area contributed by atoms with Gasteiger partial charge in [-0.1, -0.05) is 20.8 Å². The van der Waals surface area contributed by atoms with Crippen LogP contribution in [0.5, 0.6) is 0 Å². The highest BCUT2D eigenvalue weighted by Crippen LogP contribution is 2.27. The van der Waals surface area contributed by atoms with Crippen molar-refractivity contribution in [3.63, 3.8) is 0 Å². The zero-order valence-electron chi connectivity index (χ0n) is 12.2. The van der Waals surface area contributed by atoms with Crippen molar-refractivity contribution >= 4 is 11.6 Å². The number of nitrogens with zero attached hydrogens (tertiary/aromatic N) is 3. The highest BCUT2D eigenvalue weighted by Gasteiger charge is 2.23. The maximum absolute atomic E-state index is 5.53. The first-order chi connectivity index (χ1) is 9.15. The largest absolute Gasteiger partial charge is 0.353 e. The van der Waals surface area contributed by atoms with Gasteiger partial charge in [-0.3, -0.25) is 0 Å². The average molecular weight is 263 g/mol. The number of anilines is 2. The normalized spacial score (nSPS) is 19.8. The number of nitrogens with one attached hydrogen (secondary N) is 1. The number of rotatable bonds is 4. The van der Waals surface area contributed by atoms with Gasteiger partial charge in [0.25, 0.3) is 0 Å². The van der Waals surface area contributed by atoms with E-state index in [1.54, 1.807) is 0 Å². The Labute approximate surface area is 115 Å². The summed E-state index contributed by atoms with van der Waals surface area (Å²) in [5, 5.41) is 0. The lowest BCUT2D eigenvalue weighted by molar-refractivity contribution is 0.446. The molecule has 0 bridgehead atoms. The summed E-state index contributed by atoms with van der Waals surface area (Å²) in [4.78, 5) is 11.6. The Morgan fingerprint density at radius 1 is 1.42 bits per heavy atom. The number of piperidine rings is 1. The van der Waals surface area contributed by atoms with Crippen LogP contribution in [0.4, 0.5) is 11.6 Å². The monoisotopic (exact) mass is 263 g/mol. The van der Waals surface area contributed by atoms with Gasteiger partial charge in [0.2, 0.25) is 0 Å². The molecule has 106 valence electrons. The molecule has 0 amide bonds. The van der Waals surface area contributed by atoms with E-state index in [1.165, 1.54) is 19.3 Å². The summed E-state index contributed by atoms with van der Waals surface area (Å²) < 4.78 is 0. The summed E-state index contributed by atoms with van der Waals surface area (Å²) in [5.41, 5.74) is 2.66. The number of nitrogen functional groups attached to an aromatic ring is 1. The van der Waals surface area contributed by atoms with Crippen molar-refractivity contribution in [2.24, 2.45) is 5.84 Å². The van der Waals surface area contributed by atoms with E-state index in [-0.39, 0.29) is 0 Å². The van der Waals surface area contributed by atoms with Gasteiger partial charge in [-0.05, 0) is 25.7 Å². The van der Waals surface area contributed by atoms with Crippen molar-refractivity contribution in [1.82, 2.24) is 9.97 Å². The number of nitrogens with two attached hydrogens (primary N) is 1. The van der Waals surface area contributed by atoms with Crippen LogP contribution in [0.15, 0.2) is 6.07 Å². The molecule has 1 unspecified atom stereocenters. The third-order valence-corrected chi connectivity index (χ3v) is 3.79. The lowest BCUT2D eigenvalue weighted by Crippen LogP contribution is -2.40. The highest BCUT2D eigenvalue weighted by atomic mass is 15.3. The Morgan fingerprint density at radius 3 is 2.84 bits per heavy atom. The van der Waals surface area contributed by atoms with Gasteiger partial charge in [-0.15, -0.1) is 0 Å². The van der Waals surface area contributed by atoms with Crippen LogP contribution >= 0.6 is 0 Å². The van der Waals surface area contributed by atoms with E-state index in [0.717, 1.165) is 24.6 Å². The molecule has 5 nitrogen and oxygen atoms in total. The van der Waals surface area contributed by atoms with Crippen LogP contribution in [0.1, 0.15) is 58.2 Å². The van der Waals surface area contributed by atoms with Gasteiger partial charge in [0.05, 0.1) is 0 Å². The van der Waals surface area contributed by atoms with Crippen LogP contribution < -0.4 is 16.2 Å². The molecular weight excluding hydrogens is 238 g/mol. The molecule has 1 aliphatic heterocycles. The zero-order chi connectivity index (χ0) is 13.8. The maximum Gasteiger partial charge on any atom is 0.145 e.